The second-order valence-electron chi connectivity index (χ2n) is 7.45. The van der Waals surface area contributed by atoms with E-state index < -0.39 is 28.1 Å². The number of carbonyl (C=O) groups excluding carboxylic acids is 2. The number of rotatable bonds is 9. The molecule has 3 rings (SSSR count). The van der Waals surface area contributed by atoms with Gasteiger partial charge in [-0.25, -0.2) is 13.2 Å². The van der Waals surface area contributed by atoms with Crippen LogP contribution in [0.25, 0.3) is 0 Å². The summed E-state index contributed by atoms with van der Waals surface area (Å²) >= 11 is 5.94. The van der Waals surface area contributed by atoms with E-state index in [2.05, 4.69) is 0 Å². The second kappa shape index (κ2) is 11.3. The molecule has 0 fully saturated rings. The van der Waals surface area contributed by atoms with Crippen LogP contribution < -0.4 is 0 Å². The molecule has 0 saturated carbocycles. The van der Waals surface area contributed by atoms with Crippen molar-refractivity contribution in [2.45, 2.75) is 24.5 Å². The first-order valence-electron chi connectivity index (χ1n) is 10.4. The molecule has 34 heavy (non-hydrogen) atoms. The molecule has 0 aliphatic heterocycles. The zero-order valence-corrected chi connectivity index (χ0v) is 20.3. The molecule has 0 bridgehead atoms. The highest BCUT2D eigenvalue weighted by atomic mass is 35.5. The summed E-state index contributed by atoms with van der Waals surface area (Å²) in [7, 11) is -2.71. The van der Waals surface area contributed by atoms with Crippen LogP contribution in [0.5, 0.6) is 0 Å². The van der Waals surface area contributed by atoms with Gasteiger partial charge in [-0.1, -0.05) is 54.1 Å². The monoisotopic (exact) mass is 501 g/mol. The predicted molar refractivity (Wildman–Crippen MR) is 128 cm³/mol. The van der Waals surface area contributed by atoms with Crippen LogP contribution in [-0.4, -0.2) is 38.3 Å². The minimum absolute atomic E-state index is 0.0169. The van der Waals surface area contributed by atoms with Gasteiger partial charge >= 0.3 is 11.9 Å². The number of sulfonamides is 1. The van der Waals surface area contributed by atoms with Gasteiger partial charge in [-0.2, -0.15) is 4.31 Å². The van der Waals surface area contributed by atoms with Gasteiger partial charge < -0.3 is 9.47 Å². The van der Waals surface area contributed by atoms with Crippen molar-refractivity contribution in [3.05, 3.63) is 101 Å². The Labute approximate surface area is 203 Å². The third kappa shape index (κ3) is 6.44. The van der Waals surface area contributed by atoms with Gasteiger partial charge in [0.2, 0.25) is 10.0 Å². The van der Waals surface area contributed by atoms with E-state index in [4.69, 9.17) is 21.1 Å². The van der Waals surface area contributed by atoms with E-state index in [1.807, 2.05) is 6.07 Å². The summed E-state index contributed by atoms with van der Waals surface area (Å²) < 4.78 is 38.6. The number of hydrogen-bond acceptors (Lipinski definition) is 6. The standard InChI is InChI=1S/C25H24ClNO6S/c1-18(28)33-24(20-6-4-3-5-7-20)17-27(34(30,31)23-14-12-22(26)13-15-23)16-19-8-10-21(11-9-19)25(29)32-2/h3-15,24H,16-17H2,1-2H3. The van der Waals surface area contributed by atoms with E-state index in [0.29, 0.717) is 21.7 Å². The van der Waals surface area contributed by atoms with Crippen molar-refractivity contribution in [1.29, 1.82) is 0 Å². The van der Waals surface area contributed by atoms with Gasteiger partial charge in [0.1, 0.15) is 6.10 Å². The predicted octanol–water partition coefficient (Wildman–Crippen LogP) is 4.62. The topological polar surface area (TPSA) is 90.0 Å². The molecule has 3 aromatic rings. The molecule has 0 amide bonds. The maximum Gasteiger partial charge on any atom is 0.337 e. The van der Waals surface area contributed by atoms with E-state index in [9.17, 15) is 18.0 Å². The highest BCUT2D eigenvalue weighted by Crippen LogP contribution is 2.26. The average molecular weight is 502 g/mol. The lowest BCUT2D eigenvalue weighted by Crippen LogP contribution is -2.35. The Kier molecular flexibility index (Phi) is 8.44. The molecule has 178 valence electrons. The lowest BCUT2D eigenvalue weighted by molar-refractivity contribution is -0.147. The zero-order chi connectivity index (χ0) is 24.7. The van der Waals surface area contributed by atoms with Crippen LogP contribution in [0.2, 0.25) is 5.02 Å². The maximum atomic E-state index is 13.6. The Morgan fingerprint density at radius 1 is 0.941 bits per heavy atom. The van der Waals surface area contributed by atoms with E-state index in [1.165, 1.54) is 42.6 Å². The Balaban J connectivity index is 1.99. The van der Waals surface area contributed by atoms with Crippen molar-refractivity contribution in [2.24, 2.45) is 0 Å². The highest BCUT2D eigenvalue weighted by Gasteiger charge is 2.29. The summed E-state index contributed by atoms with van der Waals surface area (Å²) in [6.07, 6.45) is -0.824. The third-order valence-electron chi connectivity index (χ3n) is 5.03. The van der Waals surface area contributed by atoms with Crippen LogP contribution in [-0.2, 0) is 30.8 Å². The van der Waals surface area contributed by atoms with E-state index in [-0.39, 0.29) is 18.0 Å². The molecule has 0 radical (unpaired) electrons. The molecule has 0 N–H and O–H groups in total. The smallest absolute Gasteiger partial charge is 0.337 e. The first-order chi connectivity index (χ1) is 16.2. The largest absolute Gasteiger partial charge is 0.465 e. The molecule has 0 spiro atoms. The Morgan fingerprint density at radius 2 is 1.56 bits per heavy atom. The van der Waals surface area contributed by atoms with Crippen molar-refractivity contribution in [3.8, 4) is 0 Å². The fraction of sp³-hybridized carbons (Fsp3) is 0.200. The molecule has 1 atom stereocenters. The minimum Gasteiger partial charge on any atom is -0.465 e. The van der Waals surface area contributed by atoms with Crippen molar-refractivity contribution < 1.29 is 27.5 Å². The van der Waals surface area contributed by atoms with Crippen molar-refractivity contribution >= 4 is 33.6 Å². The first-order valence-corrected chi connectivity index (χ1v) is 12.2. The van der Waals surface area contributed by atoms with Crippen LogP contribution >= 0.6 is 11.6 Å². The van der Waals surface area contributed by atoms with Crippen LogP contribution in [0.4, 0.5) is 0 Å². The van der Waals surface area contributed by atoms with Gasteiger partial charge in [0.05, 0.1) is 24.1 Å². The van der Waals surface area contributed by atoms with Gasteiger partial charge in [0.25, 0.3) is 0 Å². The van der Waals surface area contributed by atoms with Crippen LogP contribution in [0, 0.1) is 0 Å². The molecule has 3 aromatic carbocycles. The summed E-state index contributed by atoms with van der Waals surface area (Å²) in [5, 5.41) is 0.408. The lowest BCUT2D eigenvalue weighted by atomic mass is 10.1. The fourth-order valence-corrected chi connectivity index (χ4v) is 4.89. The van der Waals surface area contributed by atoms with Crippen LogP contribution in [0.3, 0.4) is 0 Å². The molecule has 9 heteroatoms. The molecule has 7 nitrogen and oxygen atoms in total. The summed E-state index contributed by atoms with van der Waals surface area (Å²) in [6, 6.07) is 21.2. The number of carbonyl (C=O) groups is 2. The Morgan fingerprint density at radius 3 is 2.12 bits per heavy atom. The molecule has 1 unspecified atom stereocenters. The number of esters is 2. The number of halogens is 1. The van der Waals surface area contributed by atoms with Gasteiger partial charge in [0.15, 0.2) is 0 Å². The van der Waals surface area contributed by atoms with E-state index in [1.54, 1.807) is 48.5 Å². The summed E-state index contributed by atoms with van der Waals surface area (Å²) in [5.41, 5.74) is 1.65. The molecule has 0 aliphatic carbocycles. The van der Waals surface area contributed by atoms with Gasteiger partial charge in [-0.15, -0.1) is 0 Å². The molecule has 0 heterocycles. The number of ether oxygens (including phenoxy) is 2. The van der Waals surface area contributed by atoms with Crippen molar-refractivity contribution in [2.75, 3.05) is 13.7 Å². The highest BCUT2D eigenvalue weighted by molar-refractivity contribution is 7.89. The number of nitrogens with zero attached hydrogens (tertiary/aromatic N) is 1. The minimum atomic E-state index is -3.99. The maximum absolute atomic E-state index is 13.6. The summed E-state index contributed by atoms with van der Waals surface area (Å²) in [5.74, 6) is -1.02. The van der Waals surface area contributed by atoms with E-state index >= 15 is 0 Å². The van der Waals surface area contributed by atoms with Crippen molar-refractivity contribution in [3.63, 3.8) is 0 Å². The van der Waals surface area contributed by atoms with E-state index in [0.717, 1.165) is 0 Å². The van der Waals surface area contributed by atoms with Crippen LogP contribution in [0.1, 0.15) is 34.5 Å². The van der Waals surface area contributed by atoms with Gasteiger partial charge in [-0.05, 0) is 47.5 Å². The number of benzene rings is 3. The molecule has 0 aromatic heterocycles. The van der Waals surface area contributed by atoms with Gasteiger partial charge in [0, 0.05) is 18.5 Å². The summed E-state index contributed by atoms with van der Waals surface area (Å²) in [4.78, 5) is 23.6. The summed E-state index contributed by atoms with van der Waals surface area (Å²) in [6.45, 7) is 1.14. The normalized spacial score (nSPS) is 12.2. The second-order valence-corrected chi connectivity index (χ2v) is 9.82. The third-order valence-corrected chi connectivity index (χ3v) is 7.11. The first kappa shape index (κ1) is 25.4. The van der Waals surface area contributed by atoms with Gasteiger partial charge in [-0.3, -0.25) is 4.79 Å². The SMILES string of the molecule is COC(=O)c1ccc(CN(CC(OC(C)=O)c2ccccc2)S(=O)(=O)c2ccc(Cl)cc2)cc1. The average Bonchev–Trinajstić information content (AvgIpc) is 2.83. The number of methoxy groups -OCH3 is 1. The zero-order valence-electron chi connectivity index (χ0n) is 18.7. The molecular weight excluding hydrogens is 478 g/mol. The molecular formula is C25H24ClNO6S. The molecule has 0 aliphatic rings. The molecule has 0 saturated heterocycles. The quantitative estimate of drug-likeness (QED) is 0.397. The Bertz CT molecular complexity index is 1230. The van der Waals surface area contributed by atoms with Crippen LogP contribution in [0.15, 0.2) is 83.8 Å². The Hall–Kier alpha value is -3.20. The lowest BCUT2D eigenvalue weighted by Gasteiger charge is -2.27. The van der Waals surface area contributed by atoms with Crippen molar-refractivity contribution in [1.82, 2.24) is 4.31 Å². The fourth-order valence-electron chi connectivity index (χ4n) is 3.33. The number of hydrogen-bond donors (Lipinski definition) is 0.